The Labute approximate surface area is 326 Å². The van der Waals surface area contributed by atoms with Crippen LogP contribution in [-0.4, -0.2) is 9.55 Å². The van der Waals surface area contributed by atoms with Gasteiger partial charge in [0, 0.05) is 31.4 Å². The first-order valence-corrected chi connectivity index (χ1v) is 20.2. The normalized spacial score (nSPS) is 11.6. The molecule has 11 aromatic rings. The Morgan fingerprint density at radius 2 is 0.855 bits per heavy atom. The minimum Gasteiger partial charge on any atom is -0.291 e. The minimum absolute atomic E-state index is 0.941. The van der Waals surface area contributed by atoms with Crippen LogP contribution in [0.5, 0.6) is 0 Å². The highest BCUT2D eigenvalue weighted by atomic mass is 32.1. The van der Waals surface area contributed by atoms with Crippen molar-refractivity contribution in [3.8, 4) is 58.8 Å². The number of imidazole rings is 1. The van der Waals surface area contributed by atoms with Crippen molar-refractivity contribution in [2.24, 2.45) is 0 Å². The summed E-state index contributed by atoms with van der Waals surface area (Å²) in [6.45, 7) is 0. The monoisotopic (exact) mass is 736 g/mol. The van der Waals surface area contributed by atoms with E-state index in [0.29, 0.717) is 0 Å². The summed E-state index contributed by atoms with van der Waals surface area (Å²) in [5.74, 6) is 0.941. The Morgan fingerprint density at radius 3 is 1.51 bits per heavy atom. The molecule has 0 amide bonds. The van der Waals surface area contributed by atoms with Gasteiger partial charge in [-0.25, -0.2) is 4.98 Å². The van der Waals surface area contributed by atoms with Crippen LogP contribution in [0.25, 0.3) is 102 Å². The van der Waals surface area contributed by atoms with Crippen molar-refractivity contribution in [3.05, 3.63) is 194 Å². The summed E-state index contributed by atoms with van der Waals surface area (Å²) in [7, 11) is 0. The Balaban J connectivity index is 1.23. The zero-order valence-corrected chi connectivity index (χ0v) is 31.3. The molecule has 0 aliphatic heterocycles. The van der Waals surface area contributed by atoms with Crippen molar-refractivity contribution >= 4 is 66.0 Å². The lowest BCUT2D eigenvalue weighted by atomic mass is 9.89. The molecule has 0 aliphatic rings. The van der Waals surface area contributed by atoms with Crippen LogP contribution in [0.4, 0.5) is 0 Å². The highest BCUT2D eigenvalue weighted by Crippen LogP contribution is 2.48. The molecule has 4 heteroatoms. The summed E-state index contributed by atoms with van der Waals surface area (Å²) in [5.41, 5.74) is 9.10. The first-order chi connectivity index (χ1) is 27.3. The smallest absolute Gasteiger partial charge is 0.155 e. The predicted molar refractivity (Wildman–Crippen MR) is 237 cm³/mol. The third-order valence-electron chi connectivity index (χ3n) is 10.6. The molecule has 0 radical (unpaired) electrons. The molecule has 55 heavy (non-hydrogen) atoms. The Kier molecular flexibility index (Phi) is 7.58. The number of nitrogens with zero attached hydrogens (tertiary/aromatic N) is 2. The van der Waals surface area contributed by atoms with Gasteiger partial charge < -0.3 is 0 Å². The molecule has 0 saturated heterocycles. The van der Waals surface area contributed by atoms with E-state index in [1.165, 1.54) is 63.6 Å². The number of hydrogen-bond donors (Lipinski definition) is 0. The molecule has 258 valence electrons. The summed E-state index contributed by atoms with van der Waals surface area (Å²) in [6, 6.07) is 70.3. The van der Waals surface area contributed by atoms with Crippen molar-refractivity contribution < 1.29 is 0 Å². The second-order valence-electron chi connectivity index (χ2n) is 13.9. The fourth-order valence-electron chi connectivity index (χ4n) is 8.09. The Bertz CT molecular complexity index is 3200. The first kappa shape index (κ1) is 31.9. The largest absolute Gasteiger partial charge is 0.291 e. The van der Waals surface area contributed by atoms with Gasteiger partial charge in [-0.3, -0.25) is 4.57 Å². The minimum atomic E-state index is 0.941. The summed E-state index contributed by atoms with van der Waals surface area (Å²) >= 11 is 3.65. The van der Waals surface area contributed by atoms with E-state index < -0.39 is 0 Å². The molecule has 3 heterocycles. The number of rotatable bonds is 6. The van der Waals surface area contributed by atoms with E-state index in [1.54, 1.807) is 0 Å². The fraction of sp³-hybridized carbons (Fsp3) is 0. The molecule has 0 spiro atoms. The first-order valence-electron chi connectivity index (χ1n) is 18.5. The SMILES string of the molecule is c1ccc(-c2ccc(-c3ccc(-c4nc5c(-c6ccc7ccccc7c6)c6ccccc6c(-c6ccc7ccccc7c6)c5n4-c4ccccc4)s3)s2)cc1. The second kappa shape index (κ2) is 13.1. The third-order valence-corrected chi connectivity index (χ3v) is 13.1. The molecule has 0 bridgehead atoms. The van der Waals surface area contributed by atoms with Gasteiger partial charge in [0.2, 0.25) is 0 Å². The van der Waals surface area contributed by atoms with Crippen LogP contribution in [0.2, 0.25) is 0 Å². The fourth-order valence-corrected chi connectivity index (χ4v) is 10.2. The lowest BCUT2D eigenvalue weighted by molar-refractivity contribution is 1.11. The highest BCUT2D eigenvalue weighted by Gasteiger charge is 2.26. The number of para-hydroxylation sites is 1. The maximum Gasteiger partial charge on any atom is 0.155 e. The standard InChI is InChI=1S/C51H32N2S2/c1-3-15-35(16-4-1)43-27-28-44(54-43)45-29-30-46(55-45)51-52-49-47(38-25-23-33-13-7-9-17-36(33)31-38)41-21-11-12-22-42(41)48(50(49)53(51)40-19-5-2-6-20-40)39-26-24-34-14-8-10-18-37(34)32-39/h1-32H. The van der Waals surface area contributed by atoms with E-state index in [1.807, 2.05) is 22.7 Å². The van der Waals surface area contributed by atoms with Crippen molar-refractivity contribution in [1.29, 1.82) is 0 Å². The Hall–Kier alpha value is -6.59. The van der Waals surface area contributed by atoms with E-state index >= 15 is 0 Å². The van der Waals surface area contributed by atoms with Crippen molar-refractivity contribution in [2.75, 3.05) is 0 Å². The molecular weight excluding hydrogens is 705 g/mol. The van der Waals surface area contributed by atoms with Gasteiger partial charge in [-0.1, -0.05) is 146 Å². The van der Waals surface area contributed by atoms with Gasteiger partial charge >= 0.3 is 0 Å². The molecular formula is C51H32N2S2. The van der Waals surface area contributed by atoms with Gasteiger partial charge in [-0.15, -0.1) is 22.7 Å². The van der Waals surface area contributed by atoms with Crippen molar-refractivity contribution in [3.63, 3.8) is 0 Å². The summed E-state index contributed by atoms with van der Waals surface area (Å²) in [5, 5.41) is 7.28. The molecule has 0 saturated carbocycles. The number of fused-ring (bicyclic) bond motifs is 4. The molecule has 0 N–H and O–H groups in total. The van der Waals surface area contributed by atoms with Crippen LogP contribution in [0.15, 0.2) is 194 Å². The van der Waals surface area contributed by atoms with Crippen LogP contribution in [0.3, 0.4) is 0 Å². The van der Waals surface area contributed by atoms with Crippen LogP contribution >= 0.6 is 22.7 Å². The molecule has 3 aromatic heterocycles. The van der Waals surface area contributed by atoms with E-state index in [0.717, 1.165) is 38.5 Å². The molecule has 0 fully saturated rings. The molecule has 0 unspecified atom stereocenters. The van der Waals surface area contributed by atoms with Crippen LogP contribution in [-0.2, 0) is 0 Å². The van der Waals surface area contributed by atoms with Gasteiger partial charge in [0.25, 0.3) is 0 Å². The van der Waals surface area contributed by atoms with Gasteiger partial charge in [-0.05, 0) is 97.5 Å². The van der Waals surface area contributed by atoms with Gasteiger partial charge in [0.1, 0.15) is 0 Å². The lowest BCUT2D eigenvalue weighted by Crippen LogP contribution is -1.99. The van der Waals surface area contributed by atoms with Crippen molar-refractivity contribution in [2.45, 2.75) is 0 Å². The average molecular weight is 737 g/mol. The predicted octanol–water partition coefficient (Wildman–Crippen LogP) is 14.9. The molecule has 8 aromatic carbocycles. The van der Waals surface area contributed by atoms with Crippen LogP contribution < -0.4 is 0 Å². The maximum atomic E-state index is 5.75. The van der Waals surface area contributed by atoms with Gasteiger partial charge in [0.15, 0.2) is 5.82 Å². The molecule has 0 atom stereocenters. The zero-order chi connectivity index (χ0) is 36.3. The molecule has 2 nitrogen and oxygen atoms in total. The van der Waals surface area contributed by atoms with E-state index in [4.69, 9.17) is 4.98 Å². The number of thiophene rings is 2. The number of benzene rings is 8. The van der Waals surface area contributed by atoms with Gasteiger partial charge in [0.05, 0.1) is 15.9 Å². The summed E-state index contributed by atoms with van der Waals surface area (Å²) < 4.78 is 2.41. The highest BCUT2D eigenvalue weighted by molar-refractivity contribution is 7.25. The average Bonchev–Trinajstić information content (AvgIpc) is 4.03. The van der Waals surface area contributed by atoms with E-state index in [2.05, 4.69) is 199 Å². The zero-order valence-electron chi connectivity index (χ0n) is 29.7. The van der Waals surface area contributed by atoms with Gasteiger partial charge in [-0.2, -0.15) is 0 Å². The van der Waals surface area contributed by atoms with E-state index in [9.17, 15) is 0 Å². The van der Waals surface area contributed by atoms with Crippen LogP contribution in [0, 0.1) is 0 Å². The summed E-state index contributed by atoms with van der Waals surface area (Å²) in [6.07, 6.45) is 0. The molecule has 11 rings (SSSR count). The molecule has 0 aliphatic carbocycles. The Morgan fingerprint density at radius 1 is 0.364 bits per heavy atom. The van der Waals surface area contributed by atoms with Crippen molar-refractivity contribution in [1.82, 2.24) is 9.55 Å². The van der Waals surface area contributed by atoms with E-state index in [-0.39, 0.29) is 0 Å². The van der Waals surface area contributed by atoms with Crippen LogP contribution in [0.1, 0.15) is 0 Å². The quantitative estimate of drug-likeness (QED) is 0.166. The second-order valence-corrected chi connectivity index (χ2v) is 16.1. The third kappa shape index (κ3) is 5.41. The number of aromatic nitrogens is 2. The number of hydrogen-bond acceptors (Lipinski definition) is 3. The topological polar surface area (TPSA) is 17.8 Å². The lowest BCUT2D eigenvalue weighted by Gasteiger charge is -2.18. The maximum absolute atomic E-state index is 5.75. The summed E-state index contributed by atoms with van der Waals surface area (Å²) in [4.78, 5) is 10.7.